The van der Waals surface area contributed by atoms with Crippen LogP contribution in [0, 0.1) is 0 Å². The summed E-state index contributed by atoms with van der Waals surface area (Å²) in [5.74, 6) is 0. The van der Waals surface area contributed by atoms with Crippen molar-refractivity contribution >= 4 is 6.29 Å². The number of aldehydes is 1. The molecule has 0 aliphatic heterocycles. The van der Waals surface area contributed by atoms with Crippen molar-refractivity contribution < 1.29 is 30.3 Å². The van der Waals surface area contributed by atoms with Crippen LogP contribution < -0.4 is 5.73 Å². The third-order valence-electron chi connectivity index (χ3n) is 1.64. The molecular weight excluding hydrogens is 182 g/mol. The van der Waals surface area contributed by atoms with E-state index in [0.29, 0.717) is 0 Å². The van der Waals surface area contributed by atoms with E-state index in [4.69, 9.17) is 31.3 Å². The minimum absolute atomic E-state index is 0.0490. The van der Waals surface area contributed by atoms with E-state index in [1.165, 1.54) is 0 Å². The van der Waals surface area contributed by atoms with Crippen LogP contribution in [0.25, 0.3) is 0 Å². The van der Waals surface area contributed by atoms with Gasteiger partial charge >= 0.3 is 0 Å². The van der Waals surface area contributed by atoms with Gasteiger partial charge in [0, 0.05) is 0 Å². The van der Waals surface area contributed by atoms with Gasteiger partial charge in [0.25, 0.3) is 0 Å². The van der Waals surface area contributed by atoms with Crippen LogP contribution in [0.5, 0.6) is 0 Å². The molecule has 7 heteroatoms. The van der Waals surface area contributed by atoms with Crippen LogP contribution in [-0.4, -0.2) is 62.5 Å². The molecule has 0 heterocycles. The lowest BCUT2D eigenvalue weighted by molar-refractivity contribution is -0.181. The predicted molar refractivity (Wildman–Crippen MR) is 40.3 cm³/mol. The SMILES string of the molecule is N[C@@](O)([C@H](O)CO)[C@H](O)[C@H](O)C=O. The summed E-state index contributed by atoms with van der Waals surface area (Å²) in [7, 11) is 0. The predicted octanol–water partition coefficient (Wildman–Crippen LogP) is -4.09. The van der Waals surface area contributed by atoms with Crippen molar-refractivity contribution in [1.29, 1.82) is 0 Å². The molecule has 0 saturated heterocycles. The molecule has 0 amide bonds. The lowest BCUT2D eigenvalue weighted by atomic mass is 9.97. The van der Waals surface area contributed by atoms with Crippen molar-refractivity contribution in [2.45, 2.75) is 24.0 Å². The molecule has 0 aromatic heterocycles. The summed E-state index contributed by atoms with van der Waals surface area (Å²) in [4.78, 5) is 9.98. The van der Waals surface area contributed by atoms with Crippen LogP contribution in [0.1, 0.15) is 0 Å². The zero-order valence-electron chi connectivity index (χ0n) is 6.74. The first kappa shape index (κ1) is 12.4. The maximum absolute atomic E-state index is 9.98. The monoisotopic (exact) mass is 195 g/mol. The van der Waals surface area contributed by atoms with Crippen LogP contribution in [0.15, 0.2) is 0 Å². The van der Waals surface area contributed by atoms with Crippen LogP contribution >= 0.6 is 0 Å². The summed E-state index contributed by atoms with van der Waals surface area (Å²) in [6.45, 7) is -0.907. The van der Waals surface area contributed by atoms with E-state index in [0.717, 1.165) is 0 Å². The smallest absolute Gasteiger partial charge is 0.171 e. The second kappa shape index (κ2) is 4.61. The fourth-order valence-electron chi connectivity index (χ4n) is 0.691. The number of hydrogen-bond acceptors (Lipinski definition) is 7. The van der Waals surface area contributed by atoms with E-state index in [2.05, 4.69) is 0 Å². The number of carbonyl (C=O) groups excluding carboxylic acids is 1. The van der Waals surface area contributed by atoms with E-state index in [1.807, 2.05) is 0 Å². The third kappa shape index (κ3) is 2.69. The van der Waals surface area contributed by atoms with Crippen molar-refractivity contribution in [3.05, 3.63) is 0 Å². The van der Waals surface area contributed by atoms with Crippen molar-refractivity contribution in [2.75, 3.05) is 6.61 Å². The zero-order chi connectivity index (χ0) is 10.6. The summed E-state index contributed by atoms with van der Waals surface area (Å²) >= 11 is 0. The molecule has 0 unspecified atom stereocenters. The van der Waals surface area contributed by atoms with E-state index in [9.17, 15) is 4.79 Å². The fourth-order valence-corrected chi connectivity index (χ4v) is 0.691. The first-order valence-corrected chi connectivity index (χ1v) is 3.49. The molecule has 7 nitrogen and oxygen atoms in total. The Morgan fingerprint density at radius 2 is 1.85 bits per heavy atom. The summed E-state index contributed by atoms with van der Waals surface area (Å²) in [6, 6.07) is 0. The van der Waals surface area contributed by atoms with Crippen molar-refractivity contribution in [3.8, 4) is 0 Å². The molecule has 4 atom stereocenters. The lowest BCUT2D eigenvalue weighted by Crippen LogP contribution is -2.64. The maximum atomic E-state index is 9.98. The highest BCUT2D eigenvalue weighted by atomic mass is 16.4. The Labute approximate surface area is 74.0 Å². The van der Waals surface area contributed by atoms with Gasteiger partial charge in [-0.05, 0) is 0 Å². The molecule has 7 N–H and O–H groups in total. The largest absolute Gasteiger partial charge is 0.394 e. The van der Waals surface area contributed by atoms with E-state index in [1.54, 1.807) is 0 Å². The summed E-state index contributed by atoms with van der Waals surface area (Å²) in [5, 5.41) is 44.2. The first-order valence-electron chi connectivity index (χ1n) is 3.49. The van der Waals surface area contributed by atoms with Gasteiger partial charge in [-0.1, -0.05) is 0 Å². The normalized spacial score (nSPS) is 22.9. The summed E-state index contributed by atoms with van der Waals surface area (Å²) in [6.07, 6.45) is -5.88. The molecule has 0 aromatic rings. The molecular formula is C6H13NO6. The van der Waals surface area contributed by atoms with Crippen molar-refractivity contribution in [1.82, 2.24) is 0 Å². The second-order valence-corrected chi connectivity index (χ2v) is 2.66. The topological polar surface area (TPSA) is 144 Å². The quantitative estimate of drug-likeness (QED) is 0.193. The van der Waals surface area contributed by atoms with Crippen LogP contribution in [0.3, 0.4) is 0 Å². The Bertz CT molecular complexity index is 173. The van der Waals surface area contributed by atoms with E-state index < -0.39 is 30.6 Å². The highest BCUT2D eigenvalue weighted by Crippen LogP contribution is 2.11. The number of hydrogen-bond donors (Lipinski definition) is 6. The average Bonchev–Trinajstić information content (AvgIpc) is 2.13. The average molecular weight is 195 g/mol. The Hall–Kier alpha value is -0.570. The molecule has 78 valence electrons. The highest BCUT2D eigenvalue weighted by molar-refractivity contribution is 5.57. The van der Waals surface area contributed by atoms with Gasteiger partial charge in [0.2, 0.25) is 0 Å². The number of aliphatic hydroxyl groups excluding tert-OH is 4. The maximum Gasteiger partial charge on any atom is 0.171 e. The number of carbonyl (C=O) groups is 1. The van der Waals surface area contributed by atoms with Crippen LogP contribution in [0.4, 0.5) is 0 Å². The minimum atomic E-state index is -2.63. The van der Waals surface area contributed by atoms with Gasteiger partial charge in [0.1, 0.15) is 18.3 Å². The van der Waals surface area contributed by atoms with Crippen molar-refractivity contribution in [3.63, 3.8) is 0 Å². The Morgan fingerprint density at radius 1 is 1.38 bits per heavy atom. The molecule has 0 saturated carbocycles. The third-order valence-corrected chi connectivity index (χ3v) is 1.64. The lowest BCUT2D eigenvalue weighted by Gasteiger charge is -2.33. The molecule has 0 aliphatic rings. The van der Waals surface area contributed by atoms with Gasteiger partial charge in [0.15, 0.2) is 12.0 Å². The van der Waals surface area contributed by atoms with Gasteiger partial charge in [-0.3, -0.25) is 5.73 Å². The van der Waals surface area contributed by atoms with Crippen molar-refractivity contribution in [2.24, 2.45) is 5.73 Å². The summed E-state index contributed by atoms with van der Waals surface area (Å²) < 4.78 is 0. The molecule has 0 aliphatic carbocycles. The fraction of sp³-hybridized carbons (Fsp3) is 0.833. The first-order chi connectivity index (χ1) is 5.87. The molecule has 0 rings (SSSR count). The molecule has 0 aromatic carbocycles. The summed E-state index contributed by atoms with van der Waals surface area (Å²) in [5.41, 5.74) is 2.34. The van der Waals surface area contributed by atoms with Gasteiger partial charge in [-0.15, -0.1) is 0 Å². The Morgan fingerprint density at radius 3 is 2.15 bits per heavy atom. The molecule has 0 bridgehead atoms. The Kier molecular flexibility index (Phi) is 4.40. The molecule has 13 heavy (non-hydrogen) atoms. The molecule has 0 fully saturated rings. The minimum Gasteiger partial charge on any atom is -0.394 e. The highest BCUT2D eigenvalue weighted by Gasteiger charge is 2.42. The van der Waals surface area contributed by atoms with Gasteiger partial charge in [-0.25, -0.2) is 0 Å². The van der Waals surface area contributed by atoms with Crippen LogP contribution in [-0.2, 0) is 4.79 Å². The van der Waals surface area contributed by atoms with Gasteiger partial charge in [0.05, 0.1) is 6.61 Å². The van der Waals surface area contributed by atoms with E-state index >= 15 is 0 Å². The number of nitrogens with two attached hydrogens (primary N) is 1. The van der Waals surface area contributed by atoms with Gasteiger partial charge in [-0.2, -0.15) is 0 Å². The Balaban J connectivity index is 4.51. The number of aliphatic hydroxyl groups is 5. The van der Waals surface area contributed by atoms with Gasteiger partial charge < -0.3 is 30.3 Å². The molecule has 0 spiro atoms. The number of rotatable bonds is 5. The van der Waals surface area contributed by atoms with E-state index in [-0.39, 0.29) is 6.29 Å². The zero-order valence-corrected chi connectivity index (χ0v) is 6.74. The van der Waals surface area contributed by atoms with Crippen LogP contribution in [0.2, 0.25) is 0 Å². The molecule has 0 radical (unpaired) electrons. The second-order valence-electron chi connectivity index (χ2n) is 2.66. The standard InChI is InChI=1S/C6H13NO6/c7-6(13,4(11)2-9)5(12)3(10)1-8/h1,3-5,9-13H,2,7H2/t3-,4-,5-,6-/m1/s1.